The molecule has 24 heavy (non-hydrogen) atoms. The number of carbonyl (C=O) groups is 1. The van der Waals surface area contributed by atoms with E-state index in [1.54, 1.807) is 6.20 Å². The van der Waals surface area contributed by atoms with Gasteiger partial charge in [-0.1, -0.05) is 0 Å². The third-order valence-corrected chi connectivity index (χ3v) is 7.08. The molecule has 4 saturated carbocycles. The lowest BCUT2D eigenvalue weighted by atomic mass is 9.54. The fourth-order valence-electron chi connectivity index (χ4n) is 6.29. The molecule has 1 aromatic rings. The molecule has 1 aliphatic heterocycles. The minimum Gasteiger partial charge on any atom is -0.356 e. The van der Waals surface area contributed by atoms with E-state index >= 15 is 0 Å². The van der Waals surface area contributed by atoms with Gasteiger partial charge >= 0.3 is 0 Å². The number of aromatic nitrogens is 2. The second kappa shape index (κ2) is 5.50. The van der Waals surface area contributed by atoms with Crippen LogP contribution in [0.2, 0.25) is 0 Å². The van der Waals surface area contributed by atoms with Gasteiger partial charge in [0, 0.05) is 26.2 Å². The highest BCUT2D eigenvalue weighted by atomic mass is 16.1. The normalized spacial score (nSPS) is 37.2. The molecule has 0 aromatic carbocycles. The zero-order valence-electron chi connectivity index (χ0n) is 14.6. The smallest absolute Gasteiger partial charge is 0.256 e. The van der Waals surface area contributed by atoms with Crippen molar-refractivity contribution in [3.63, 3.8) is 0 Å². The minimum atomic E-state index is 0.0995. The Morgan fingerprint density at radius 3 is 2.33 bits per heavy atom. The molecule has 2 heterocycles. The number of nitrogens with zero attached hydrogens (tertiary/aromatic N) is 3. The predicted octanol–water partition coefficient (Wildman–Crippen LogP) is 2.57. The molecule has 5 fully saturated rings. The molecule has 130 valence electrons. The van der Waals surface area contributed by atoms with Crippen molar-refractivity contribution in [2.45, 2.75) is 51.0 Å². The summed E-state index contributed by atoms with van der Waals surface area (Å²) in [6.07, 6.45) is 11.0. The van der Waals surface area contributed by atoms with Gasteiger partial charge in [-0.05, 0) is 68.6 Å². The molecule has 0 spiro atoms. The van der Waals surface area contributed by atoms with Gasteiger partial charge in [0.15, 0.2) is 0 Å². The van der Waals surface area contributed by atoms with Crippen LogP contribution < -0.4 is 10.2 Å². The third kappa shape index (κ3) is 2.27. The molecule has 6 rings (SSSR count). The number of carbonyl (C=O) groups excluding carboxylic acids is 1. The lowest BCUT2D eigenvalue weighted by Crippen LogP contribution is -2.55. The number of hydrogen-bond donors (Lipinski definition) is 1. The molecule has 0 radical (unpaired) electrons. The van der Waals surface area contributed by atoms with Gasteiger partial charge in [0.1, 0.15) is 11.4 Å². The first kappa shape index (κ1) is 14.8. The molecule has 4 aliphatic carbocycles. The van der Waals surface area contributed by atoms with E-state index in [4.69, 9.17) is 0 Å². The Kier molecular flexibility index (Phi) is 3.39. The van der Waals surface area contributed by atoms with Gasteiger partial charge in [-0.15, -0.1) is 0 Å². The average Bonchev–Trinajstić information content (AvgIpc) is 3.19. The van der Waals surface area contributed by atoms with Gasteiger partial charge in [0.2, 0.25) is 0 Å². The SMILES string of the molecule is Cn1ncc(C(=O)NC2C3CC4CC(C3)CC2C4)c1N1CCCC1. The van der Waals surface area contributed by atoms with Crippen LogP contribution in [0.25, 0.3) is 0 Å². The van der Waals surface area contributed by atoms with Crippen LogP contribution in [-0.4, -0.2) is 34.8 Å². The van der Waals surface area contributed by atoms with E-state index in [1.165, 1.54) is 44.9 Å². The van der Waals surface area contributed by atoms with Crippen molar-refractivity contribution in [2.24, 2.45) is 30.7 Å². The zero-order valence-corrected chi connectivity index (χ0v) is 14.6. The highest BCUT2D eigenvalue weighted by molar-refractivity contribution is 5.99. The van der Waals surface area contributed by atoms with Crippen molar-refractivity contribution in [1.29, 1.82) is 0 Å². The number of rotatable bonds is 3. The van der Waals surface area contributed by atoms with E-state index in [0.29, 0.717) is 6.04 Å². The van der Waals surface area contributed by atoms with E-state index in [1.807, 2.05) is 11.7 Å². The standard InChI is InChI=1S/C19H28N4O/c1-22-19(23-4-2-3-5-23)16(11-20-22)18(24)21-17-14-7-12-6-13(9-14)10-15(17)8-12/h11-15,17H,2-10H2,1H3,(H,21,24). The molecule has 5 heteroatoms. The maximum absolute atomic E-state index is 13.0. The number of hydrogen-bond acceptors (Lipinski definition) is 3. The highest BCUT2D eigenvalue weighted by Gasteiger charge is 2.48. The first-order valence-electron chi connectivity index (χ1n) is 9.77. The summed E-state index contributed by atoms with van der Waals surface area (Å²) in [5.41, 5.74) is 0.771. The van der Waals surface area contributed by atoms with Crippen LogP contribution in [0.15, 0.2) is 6.20 Å². The van der Waals surface area contributed by atoms with Gasteiger partial charge in [0.25, 0.3) is 5.91 Å². The molecule has 1 amide bonds. The van der Waals surface area contributed by atoms with Crippen molar-refractivity contribution in [3.8, 4) is 0 Å². The second-order valence-corrected chi connectivity index (χ2v) is 8.63. The summed E-state index contributed by atoms with van der Waals surface area (Å²) in [4.78, 5) is 15.4. The average molecular weight is 328 g/mol. The topological polar surface area (TPSA) is 50.2 Å². The van der Waals surface area contributed by atoms with E-state index in [-0.39, 0.29) is 5.91 Å². The molecule has 5 nitrogen and oxygen atoms in total. The maximum atomic E-state index is 13.0. The maximum Gasteiger partial charge on any atom is 0.256 e. The van der Waals surface area contributed by atoms with Crippen molar-refractivity contribution in [3.05, 3.63) is 11.8 Å². The summed E-state index contributed by atoms with van der Waals surface area (Å²) in [5.74, 6) is 4.43. The first-order chi connectivity index (χ1) is 11.7. The molecular weight excluding hydrogens is 300 g/mol. The van der Waals surface area contributed by atoms with Crippen LogP contribution in [0.5, 0.6) is 0 Å². The highest BCUT2D eigenvalue weighted by Crippen LogP contribution is 2.53. The van der Waals surface area contributed by atoms with Crippen molar-refractivity contribution < 1.29 is 4.79 Å². The summed E-state index contributed by atoms with van der Waals surface area (Å²) in [6.45, 7) is 2.08. The number of anilines is 1. The molecule has 1 aromatic heterocycles. The second-order valence-electron chi connectivity index (χ2n) is 8.63. The fourth-order valence-corrected chi connectivity index (χ4v) is 6.29. The van der Waals surface area contributed by atoms with Crippen LogP contribution in [0.1, 0.15) is 55.3 Å². The molecule has 1 saturated heterocycles. The molecular formula is C19H28N4O. The summed E-state index contributed by atoms with van der Waals surface area (Å²) in [5, 5.41) is 7.82. The van der Waals surface area contributed by atoms with E-state index < -0.39 is 0 Å². The molecule has 1 N–H and O–H groups in total. The number of aryl methyl sites for hydroxylation is 1. The van der Waals surface area contributed by atoms with Crippen LogP contribution in [-0.2, 0) is 7.05 Å². The summed E-state index contributed by atoms with van der Waals surface area (Å²) < 4.78 is 1.87. The molecule has 4 bridgehead atoms. The van der Waals surface area contributed by atoms with Gasteiger partial charge < -0.3 is 10.2 Å². The molecule has 5 aliphatic rings. The monoisotopic (exact) mass is 328 g/mol. The zero-order chi connectivity index (χ0) is 16.3. The van der Waals surface area contributed by atoms with E-state index in [2.05, 4.69) is 15.3 Å². The Morgan fingerprint density at radius 1 is 1.08 bits per heavy atom. The Bertz CT molecular complexity index is 618. The first-order valence-corrected chi connectivity index (χ1v) is 9.77. The lowest BCUT2D eigenvalue weighted by molar-refractivity contribution is -0.0119. The van der Waals surface area contributed by atoms with Gasteiger partial charge in [-0.25, -0.2) is 0 Å². The summed E-state index contributed by atoms with van der Waals surface area (Å²) in [7, 11) is 1.95. The van der Waals surface area contributed by atoms with Gasteiger partial charge in [0.05, 0.1) is 6.20 Å². The van der Waals surface area contributed by atoms with E-state index in [9.17, 15) is 4.79 Å². The lowest BCUT2D eigenvalue weighted by Gasteiger charge is -2.54. The molecule has 0 unspecified atom stereocenters. The quantitative estimate of drug-likeness (QED) is 0.928. The van der Waals surface area contributed by atoms with Crippen molar-refractivity contribution >= 4 is 11.7 Å². The van der Waals surface area contributed by atoms with Crippen LogP contribution in [0.4, 0.5) is 5.82 Å². The van der Waals surface area contributed by atoms with E-state index in [0.717, 1.165) is 48.1 Å². The Balaban J connectivity index is 1.36. The number of amides is 1. The Morgan fingerprint density at radius 2 is 1.71 bits per heavy atom. The minimum absolute atomic E-state index is 0.0995. The summed E-state index contributed by atoms with van der Waals surface area (Å²) in [6, 6.07) is 0.400. The largest absolute Gasteiger partial charge is 0.356 e. The van der Waals surface area contributed by atoms with Crippen molar-refractivity contribution in [1.82, 2.24) is 15.1 Å². The van der Waals surface area contributed by atoms with Crippen LogP contribution >= 0.6 is 0 Å². The van der Waals surface area contributed by atoms with Gasteiger partial charge in [-0.3, -0.25) is 9.48 Å². The fraction of sp³-hybridized carbons (Fsp3) is 0.789. The van der Waals surface area contributed by atoms with Crippen molar-refractivity contribution in [2.75, 3.05) is 18.0 Å². The predicted molar refractivity (Wildman–Crippen MR) is 93.0 cm³/mol. The number of nitrogens with one attached hydrogen (secondary N) is 1. The Labute approximate surface area is 143 Å². The van der Waals surface area contributed by atoms with Crippen LogP contribution in [0.3, 0.4) is 0 Å². The molecule has 0 atom stereocenters. The van der Waals surface area contributed by atoms with Crippen LogP contribution in [0, 0.1) is 23.7 Å². The Hall–Kier alpha value is -1.52. The summed E-state index contributed by atoms with van der Waals surface area (Å²) >= 11 is 0. The third-order valence-electron chi connectivity index (χ3n) is 7.08. The van der Waals surface area contributed by atoms with Gasteiger partial charge in [-0.2, -0.15) is 5.10 Å².